The van der Waals surface area contributed by atoms with E-state index in [1.807, 2.05) is 51.2 Å². The molecule has 1 heterocycles. The van der Waals surface area contributed by atoms with Gasteiger partial charge in [0.15, 0.2) is 18.0 Å². The van der Waals surface area contributed by atoms with Crippen LogP contribution in [0, 0.1) is 13.8 Å². The SMILES string of the molecule is Cc1cc(C)c(NC(=O)C[NH+](C)Cc2ccc3c(c2)OCO3)c(Cl)c1. The van der Waals surface area contributed by atoms with Crippen molar-refractivity contribution in [2.24, 2.45) is 0 Å². The number of quaternary nitrogens is 1. The van der Waals surface area contributed by atoms with Crippen LogP contribution in [0.3, 0.4) is 0 Å². The molecule has 1 atom stereocenters. The summed E-state index contributed by atoms with van der Waals surface area (Å²) in [4.78, 5) is 13.4. The van der Waals surface area contributed by atoms with Crippen LogP contribution in [0.15, 0.2) is 30.3 Å². The third-order valence-corrected chi connectivity index (χ3v) is 4.40. The first-order chi connectivity index (χ1) is 11.9. The minimum absolute atomic E-state index is 0.0629. The highest BCUT2D eigenvalue weighted by Crippen LogP contribution is 2.32. The van der Waals surface area contributed by atoms with Crippen molar-refractivity contribution in [1.29, 1.82) is 0 Å². The Morgan fingerprint density at radius 2 is 1.96 bits per heavy atom. The average molecular weight is 362 g/mol. The predicted molar refractivity (Wildman–Crippen MR) is 97.6 cm³/mol. The number of carbonyl (C=O) groups is 1. The highest BCUT2D eigenvalue weighted by Gasteiger charge is 2.17. The molecule has 132 valence electrons. The van der Waals surface area contributed by atoms with Gasteiger partial charge in [-0.2, -0.15) is 0 Å². The van der Waals surface area contributed by atoms with Crippen LogP contribution in [0.1, 0.15) is 16.7 Å². The summed E-state index contributed by atoms with van der Waals surface area (Å²) < 4.78 is 10.7. The van der Waals surface area contributed by atoms with E-state index in [1.54, 1.807) is 0 Å². The number of ether oxygens (including phenoxy) is 2. The summed E-state index contributed by atoms with van der Waals surface area (Å²) in [6.45, 7) is 5.24. The van der Waals surface area contributed by atoms with Gasteiger partial charge < -0.3 is 19.7 Å². The number of likely N-dealkylation sites (N-methyl/N-ethyl adjacent to an activating group) is 1. The van der Waals surface area contributed by atoms with Crippen LogP contribution in [0.5, 0.6) is 11.5 Å². The third-order valence-electron chi connectivity index (χ3n) is 4.10. The van der Waals surface area contributed by atoms with Crippen LogP contribution >= 0.6 is 11.6 Å². The summed E-state index contributed by atoms with van der Waals surface area (Å²) in [6.07, 6.45) is 0. The fourth-order valence-electron chi connectivity index (χ4n) is 2.99. The van der Waals surface area contributed by atoms with Gasteiger partial charge >= 0.3 is 0 Å². The standard InChI is InChI=1S/C19H21ClN2O3/c1-12-6-13(2)19(15(20)7-12)21-18(23)10-22(3)9-14-4-5-16-17(8-14)25-11-24-16/h4-8H,9-11H2,1-3H3,(H,21,23)/p+1. The Morgan fingerprint density at radius 1 is 1.20 bits per heavy atom. The van der Waals surface area contributed by atoms with Crippen molar-refractivity contribution in [3.63, 3.8) is 0 Å². The molecule has 0 spiro atoms. The van der Waals surface area contributed by atoms with E-state index in [1.165, 1.54) is 0 Å². The van der Waals surface area contributed by atoms with Crippen molar-refractivity contribution >= 4 is 23.2 Å². The molecule has 2 N–H and O–H groups in total. The Labute approximate surface area is 152 Å². The second-order valence-corrected chi connectivity index (χ2v) is 6.89. The summed E-state index contributed by atoms with van der Waals surface area (Å²) in [6, 6.07) is 9.72. The van der Waals surface area contributed by atoms with Crippen LogP contribution in [-0.4, -0.2) is 26.3 Å². The zero-order valence-electron chi connectivity index (χ0n) is 14.6. The zero-order valence-corrected chi connectivity index (χ0v) is 15.4. The van der Waals surface area contributed by atoms with Crippen LogP contribution in [0.25, 0.3) is 0 Å². The lowest BCUT2D eigenvalue weighted by atomic mass is 10.1. The summed E-state index contributed by atoms with van der Waals surface area (Å²) in [5.74, 6) is 1.47. The Kier molecular flexibility index (Phi) is 5.16. The Morgan fingerprint density at radius 3 is 2.72 bits per heavy atom. The van der Waals surface area contributed by atoms with E-state index in [0.717, 1.165) is 33.1 Å². The van der Waals surface area contributed by atoms with E-state index in [-0.39, 0.29) is 12.7 Å². The molecule has 3 rings (SSSR count). The first-order valence-corrected chi connectivity index (χ1v) is 8.56. The van der Waals surface area contributed by atoms with Crippen molar-refractivity contribution < 1.29 is 19.2 Å². The van der Waals surface area contributed by atoms with Crippen molar-refractivity contribution in [1.82, 2.24) is 0 Å². The van der Waals surface area contributed by atoms with Gasteiger partial charge in [0.2, 0.25) is 6.79 Å². The van der Waals surface area contributed by atoms with Gasteiger partial charge in [-0.1, -0.05) is 17.7 Å². The number of benzene rings is 2. The molecule has 1 aliphatic heterocycles. The minimum Gasteiger partial charge on any atom is -0.454 e. The van der Waals surface area contributed by atoms with Crippen LogP contribution in [0.4, 0.5) is 5.69 Å². The van der Waals surface area contributed by atoms with Gasteiger partial charge in [0, 0.05) is 5.56 Å². The number of fused-ring (bicyclic) bond motifs is 1. The molecule has 0 aromatic heterocycles. The minimum atomic E-state index is -0.0629. The maximum Gasteiger partial charge on any atom is 0.279 e. The monoisotopic (exact) mass is 361 g/mol. The highest BCUT2D eigenvalue weighted by atomic mass is 35.5. The van der Waals surface area contributed by atoms with E-state index < -0.39 is 0 Å². The largest absolute Gasteiger partial charge is 0.454 e. The molecule has 0 fully saturated rings. The summed E-state index contributed by atoms with van der Waals surface area (Å²) in [5.41, 5.74) is 3.82. The van der Waals surface area contributed by atoms with Crippen molar-refractivity contribution in [2.45, 2.75) is 20.4 Å². The maximum atomic E-state index is 12.4. The second-order valence-electron chi connectivity index (χ2n) is 6.49. The van der Waals surface area contributed by atoms with E-state index in [4.69, 9.17) is 21.1 Å². The Bertz CT molecular complexity index is 784. The molecule has 5 nitrogen and oxygen atoms in total. The summed E-state index contributed by atoms with van der Waals surface area (Å²) >= 11 is 6.25. The molecular weight excluding hydrogens is 340 g/mol. The number of aryl methyl sites for hydroxylation is 2. The molecule has 0 saturated carbocycles. The number of nitrogens with one attached hydrogen (secondary N) is 2. The lowest BCUT2D eigenvalue weighted by molar-refractivity contribution is -0.885. The van der Waals surface area contributed by atoms with Gasteiger partial charge in [-0.05, 0) is 49.2 Å². The molecule has 0 saturated heterocycles. The molecule has 0 aliphatic carbocycles. The van der Waals surface area contributed by atoms with Crippen LogP contribution in [0.2, 0.25) is 5.02 Å². The van der Waals surface area contributed by atoms with Crippen molar-refractivity contribution in [3.8, 4) is 11.5 Å². The van der Waals surface area contributed by atoms with E-state index in [9.17, 15) is 4.79 Å². The average Bonchev–Trinajstić information content (AvgIpc) is 2.98. The molecular formula is C19H22ClN2O3+. The van der Waals surface area contributed by atoms with Gasteiger partial charge in [0.1, 0.15) is 6.54 Å². The lowest BCUT2D eigenvalue weighted by Gasteiger charge is -2.16. The summed E-state index contributed by atoms with van der Waals surface area (Å²) in [7, 11) is 1.98. The van der Waals surface area contributed by atoms with Gasteiger partial charge in [-0.15, -0.1) is 0 Å². The van der Waals surface area contributed by atoms with Crippen molar-refractivity contribution in [2.75, 3.05) is 25.7 Å². The predicted octanol–water partition coefficient (Wildman–Crippen LogP) is 2.34. The van der Waals surface area contributed by atoms with E-state index in [2.05, 4.69) is 5.32 Å². The fraction of sp³-hybridized carbons (Fsp3) is 0.316. The molecule has 2 aromatic rings. The number of amides is 1. The molecule has 2 aromatic carbocycles. The van der Waals surface area contributed by atoms with Crippen LogP contribution in [-0.2, 0) is 11.3 Å². The van der Waals surface area contributed by atoms with Gasteiger partial charge in [0.25, 0.3) is 5.91 Å². The topological polar surface area (TPSA) is 52.0 Å². The quantitative estimate of drug-likeness (QED) is 0.859. The van der Waals surface area contributed by atoms with Crippen molar-refractivity contribution in [3.05, 3.63) is 52.0 Å². The number of anilines is 1. The lowest BCUT2D eigenvalue weighted by Crippen LogP contribution is -3.08. The highest BCUT2D eigenvalue weighted by molar-refractivity contribution is 6.34. The number of carbonyl (C=O) groups excluding carboxylic acids is 1. The molecule has 1 amide bonds. The number of hydrogen-bond donors (Lipinski definition) is 2. The Balaban J connectivity index is 1.59. The molecule has 6 heteroatoms. The number of hydrogen-bond acceptors (Lipinski definition) is 3. The molecule has 0 bridgehead atoms. The van der Waals surface area contributed by atoms with Gasteiger partial charge in [-0.3, -0.25) is 4.79 Å². The smallest absolute Gasteiger partial charge is 0.279 e. The zero-order chi connectivity index (χ0) is 18.0. The maximum absolute atomic E-state index is 12.4. The third kappa shape index (κ3) is 4.24. The Hall–Kier alpha value is -2.24. The number of rotatable bonds is 5. The van der Waals surface area contributed by atoms with Crippen LogP contribution < -0.4 is 19.7 Å². The molecule has 1 unspecified atom stereocenters. The van der Waals surface area contributed by atoms with E-state index >= 15 is 0 Å². The molecule has 25 heavy (non-hydrogen) atoms. The second kappa shape index (κ2) is 7.33. The van der Waals surface area contributed by atoms with Gasteiger partial charge in [-0.25, -0.2) is 0 Å². The summed E-state index contributed by atoms with van der Waals surface area (Å²) in [5, 5.41) is 3.50. The first-order valence-electron chi connectivity index (χ1n) is 8.19. The first kappa shape index (κ1) is 17.6. The van der Waals surface area contributed by atoms with E-state index in [0.29, 0.717) is 23.8 Å². The number of halogens is 1. The molecule has 0 radical (unpaired) electrons. The normalized spacial score (nSPS) is 13.6. The van der Waals surface area contributed by atoms with Gasteiger partial charge in [0.05, 0.1) is 17.8 Å². The fourth-order valence-corrected chi connectivity index (χ4v) is 3.36. The molecule has 1 aliphatic rings.